The molecule has 0 aliphatic carbocycles. The Kier molecular flexibility index (Phi) is 5.04. The monoisotopic (exact) mass is 428 g/mol. The fourth-order valence-corrected chi connectivity index (χ4v) is 3.51. The maximum atomic E-state index is 13.0. The Bertz CT molecular complexity index is 1200. The molecule has 4 aromatic rings. The maximum absolute atomic E-state index is 13.0. The number of aryl methyl sites for hydroxylation is 2. The van der Waals surface area contributed by atoms with Crippen LogP contribution in [0.1, 0.15) is 16.1 Å². The first-order chi connectivity index (χ1) is 14.0. The molecule has 0 atom stereocenters. The molecule has 1 N–H and O–H groups in total. The summed E-state index contributed by atoms with van der Waals surface area (Å²) >= 11 is 12.6. The standard InChI is InChI=1S/C19H14Cl2N6O2/c1-10-15(17(24-29-10)16-13(20)7-4-8-14(16)21)19(28)22-12-6-3-5-11(9-12)18-23-25-26-27(18)2/h3-9H,1-2H3,(H,22,28). The topological polar surface area (TPSA) is 98.7 Å². The van der Waals surface area contributed by atoms with Gasteiger partial charge in [-0.05, 0) is 41.6 Å². The first-order valence-corrected chi connectivity index (χ1v) is 9.26. The third-order valence-electron chi connectivity index (χ3n) is 4.29. The molecule has 2 aromatic carbocycles. The number of anilines is 1. The Morgan fingerprint density at radius 3 is 2.55 bits per heavy atom. The van der Waals surface area contributed by atoms with Crippen molar-refractivity contribution < 1.29 is 9.32 Å². The number of nitrogens with zero attached hydrogens (tertiary/aromatic N) is 5. The summed E-state index contributed by atoms with van der Waals surface area (Å²) in [6.07, 6.45) is 0. The van der Waals surface area contributed by atoms with Crippen molar-refractivity contribution in [3.63, 3.8) is 0 Å². The Labute approximate surface area is 175 Å². The van der Waals surface area contributed by atoms with E-state index < -0.39 is 5.91 Å². The Hall–Kier alpha value is -3.23. The third-order valence-corrected chi connectivity index (χ3v) is 4.92. The van der Waals surface area contributed by atoms with Crippen molar-refractivity contribution in [2.75, 3.05) is 5.32 Å². The number of hydrogen-bond donors (Lipinski definition) is 1. The zero-order valence-corrected chi connectivity index (χ0v) is 16.9. The second kappa shape index (κ2) is 7.65. The lowest BCUT2D eigenvalue weighted by molar-refractivity contribution is 0.102. The number of halogens is 2. The lowest BCUT2D eigenvalue weighted by atomic mass is 10.1. The van der Waals surface area contributed by atoms with Gasteiger partial charge in [-0.1, -0.05) is 46.6 Å². The molecule has 2 heterocycles. The van der Waals surface area contributed by atoms with Gasteiger partial charge in [0.15, 0.2) is 5.82 Å². The molecule has 146 valence electrons. The predicted molar refractivity (Wildman–Crippen MR) is 109 cm³/mol. The molecule has 10 heteroatoms. The van der Waals surface area contributed by atoms with Gasteiger partial charge in [0.05, 0.1) is 10.0 Å². The lowest BCUT2D eigenvalue weighted by Crippen LogP contribution is -2.13. The number of benzene rings is 2. The molecule has 0 saturated heterocycles. The van der Waals surface area contributed by atoms with Crippen LogP contribution in [0.3, 0.4) is 0 Å². The summed E-state index contributed by atoms with van der Waals surface area (Å²) in [6.45, 7) is 1.65. The molecule has 0 spiro atoms. The number of hydrogen-bond acceptors (Lipinski definition) is 6. The SMILES string of the molecule is Cc1onc(-c2c(Cl)cccc2Cl)c1C(=O)Nc1cccc(-c2nnnn2C)c1. The number of amides is 1. The molecule has 29 heavy (non-hydrogen) atoms. The van der Waals surface area contributed by atoms with E-state index in [9.17, 15) is 4.79 Å². The summed E-state index contributed by atoms with van der Waals surface area (Å²) in [5, 5.41) is 19.0. The quantitative estimate of drug-likeness (QED) is 0.516. The molecule has 0 fully saturated rings. The average molecular weight is 429 g/mol. The fraction of sp³-hybridized carbons (Fsp3) is 0.105. The first-order valence-electron chi connectivity index (χ1n) is 8.50. The maximum Gasteiger partial charge on any atom is 0.261 e. The van der Waals surface area contributed by atoms with E-state index in [-0.39, 0.29) is 11.3 Å². The summed E-state index contributed by atoms with van der Waals surface area (Å²) in [5.41, 5.74) is 2.30. The van der Waals surface area contributed by atoms with Crippen LogP contribution in [0.5, 0.6) is 0 Å². The smallest absolute Gasteiger partial charge is 0.261 e. The molecule has 0 aliphatic heterocycles. The Morgan fingerprint density at radius 2 is 1.86 bits per heavy atom. The minimum absolute atomic E-state index is 0.255. The Morgan fingerprint density at radius 1 is 1.14 bits per heavy atom. The Balaban J connectivity index is 1.69. The van der Waals surface area contributed by atoms with Crippen molar-refractivity contribution in [2.24, 2.45) is 7.05 Å². The number of nitrogens with one attached hydrogen (secondary N) is 1. The number of rotatable bonds is 4. The van der Waals surface area contributed by atoms with E-state index in [1.807, 2.05) is 6.07 Å². The van der Waals surface area contributed by atoms with Gasteiger partial charge in [-0.2, -0.15) is 0 Å². The largest absolute Gasteiger partial charge is 0.360 e. The minimum Gasteiger partial charge on any atom is -0.360 e. The molecule has 0 saturated carbocycles. The lowest BCUT2D eigenvalue weighted by Gasteiger charge is -2.09. The second-order valence-corrected chi connectivity index (χ2v) is 7.03. The molecule has 0 unspecified atom stereocenters. The number of tetrazole rings is 1. The highest BCUT2D eigenvalue weighted by Gasteiger charge is 2.25. The van der Waals surface area contributed by atoms with E-state index >= 15 is 0 Å². The van der Waals surface area contributed by atoms with Crippen molar-refractivity contribution in [1.82, 2.24) is 25.4 Å². The van der Waals surface area contributed by atoms with E-state index in [4.69, 9.17) is 27.7 Å². The van der Waals surface area contributed by atoms with Gasteiger partial charge < -0.3 is 9.84 Å². The van der Waals surface area contributed by atoms with Crippen molar-refractivity contribution in [3.05, 3.63) is 63.8 Å². The van der Waals surface area contributed by atoms with E-state index in [1.165, 1.54) is 0 Å². The minimum atomic E-state index is -0.400. The molecular formula is C19H14Cl2N6O2. The molecule has 2 aromatic heterocycles. The normalized spacial score (nSPS) is 10.9. The van der Waals surface area contributed by atoms with Crippen LogP contribution in [0.4, 0.5) is 5.69 Å². The number of carbonyl (C=O) groups is 1. The zero-order chi connectivity index (χ0) is 20.5. The van der Waals surface area contributed by atoms with Gasteiger partial charge in [-0.15, -0.1) is 5.10 Å². The molecule has 8 nitrogen and oxygen atoms in total. The van der Waals surface area contributed by atoms with E-state index in [0.717, 1.165) is 5.56 Å². The summed E-state index contributed by atoms with van der Waals surface area (Å²) in [4.78, 5) is 13.0. The number of aromatic nitrogens is 5. The van der Waals surface area contributed by atoms with Crippen LogP contribution in [0, 0.1) is 6.92 Å². The van der Waals surface area contributed by atoms with Gasteiger partial charge in [0.25, 0.3) is 5.91 Å². The van der Waals surface area contributed by atoms with Crippen molar-refractivity contribution in [3.8, 4) is 22.6 Å². The summed E-state index contributed by atoms with van der Waals surface area (Å²) in [6, 6.07) is 12.2. The van der Waals surface area contributed by atoms with Crippen LogP contribution in [0.15, 0.2) is 47.0 Å². The van der Waals surface area contributed by atoms with Gasteiger partial charge in [-0.25, -0.2) is 4.68 Å². The van der Waals surface area contributed by atoms with E-state index in [1.54, 1.807) is 55.1 Å². The highest BCUT2D eigenvalue weighted by molar-refractivity contribution is 6.39. The predicted octanol–water partition coefficient (Wildman–Crippen LogP) is 4.40. The highest BCUT2D eigenvalue weighted by Crippen LogP contribution is 2.37. The molecule has 1 amide bonds. The van der Waals surface area contributed by atoms with Crippen molar-refractivity contribution in [2.45, 2.75) is 6.92 Å². The highest BCUT2D eigenvalue weighted by atomic mass is 35.5. The van der Waals surface area contributed by atoms with Gasteiger partial charge in [0, 0.05) is 23.9 Å². The van der Waals surface area contributed by atoms with Crippen LogP contribution in [-0.4, -0.2) is 31.3 Å². The molecule has 0 aliphatic rings. The summed E-state index contributed by atoms with van der Waals surface area (Å²) in [5.74, 6) is 0.524. The van der Waals surface area contributed by atoms with Crippen LogP contribution in [0.25, 0.3) is 22.6 Å². The molecule has 0 radical (unpaired) electrons. The van der Waals surface area contributed by atoms with Crippen LogP contribution in [0.2, 0.25) is 10.0 Å². The van der Waals surface area contributed by atoms with Crippen molar-refractivity contribution >= 4 is 34.8 Å². The zero-order valence-electron chi connectivity index (χ0n) is 15.3. The number of carbonyl (C=O) groups excluding carboxylic acids is 1. The van der Waals surface area contributed by atoms with Crippen LogP contribution < -0.4 is 5.32 Å². The first kappa shape index (κ1) is 19.1. The van der Waals surface area contributed by atoms with Gasteiger partial charge in [0.2, 0.25) is 0 Å². The van der Waals surface area contributed by atoms with E-state index in [0.29, 0.717) is 32.9 Å². The van der Waals surface area contributed by atoms with Crippen LogP contribution >= 0.6 is 23.2 Å². The van der Waals surface area contributed by atoms with Gasteiger partial charge in [-0.3, -0.25) is 4.79 Å². The summed E-state index contributed by atoms with van der Waals surface area (Å²) in [7, 11) is 1.74. The van der Waals surface area contributed by atoms with Crippen LogP contribution in [-0.2, 0) is 7.05 Å². The van der Waals surface area contributed by atoms with Gasteiger partial charge in [0.1, 0.15) is 17.0 Å². The average Bonchev–Trinajstić information content (AvgIpc) is 3.27. The third kappa shape index (κ3) is 3.59. The molecule has 4 rings (SSSR count). The van der Waals surface area contributed by atoms with Gasteiger partial charge >= 0.3 is 0 Å². The molecular weight excluding hydrogens is 415 g/mol. The second-order valence-electron chi connectivity index (χ2n) is 6.22. The molecule has 0 bridgehead atoms. The summed E-state index contributed by atoms with van der Waals surface area (Å²) < 4.78 is 6.80. The fourth-order valence-electron chi connectivity index (χ4n) is 2.94. The van der Waals surface area contributed by atoms with E-state index in [2.05, 4.69) is 26.0 Å². The van der Waals surface area contributed by atoms with Crippen molar-refractivity contribution in [1.29, 1.82) is 0 Å².